The van der Waals surface area contributed by atoms with Gasteiger partial charge in [0.2, 0.25) is 0 Å². The van der Waals surface area contributed by atoms with E-state index in [2.05, 4.69) is 4.98 Å². The van der Waals surface area contributed by atoms with Crippen molar-refractivity contribution in [3.63, 3.8) is 0 Å². The van der Waals surface area contributed by atoms with Gasteiger partial charge in [0, 0.05) is 26.0 Å². The highest BCUT2D eigenvalue weighted by molar-refractivity contribution is 7.98. The Morgan fingerprint density at radius 3 is 3.08 bits per heavy atom. The van der Waals surface area contributed by atoms with Gasteiger partial charge in [-0.1, -0.05) is 0 Å². The molecule has 0 bridgehead atoms. The number of nitrogens with zero attached hydrogens (tertiary/aromatic N) is 2. The highest BCUT2D eigenvalue weighted by Crippen LogP contribution is 2.10. The molecule has 1 N–H and O–H groups in total. The topological polar surface area (TPSA) is 38.0 Å². The van der Waals surface area contributed by atoms with E-state index in [0.717, 1.165) is 23.8 Å². The highest BCUT2D eigenvalue weighted by Gasteiger charge is 1.97. The summed E-state index contributed by atoms with van der Waals surface area (Å²) >= 11 is 1.81. The smallest absolute Gasteiger partial charge is 0.118 e. The van der Waals surface area contributed by atoms with Crippen molar-refractivity contribution in [2.24, 2.45) is 7.05 Å². The average molecular weight is 186 g/mol. The summed E-state index contributed by atoms with van der Waals surface area (Å²) in [4.78, 5) is 4.19. The van der Waals surface area contributed by atoms with Crippen LogP contribution in [0.3, 0.4) is 0 Å². The van der Waals surface area contributed by atoms with Gasteiger partial charge >= 0.3 is 0 Å². The molecule has 1 aromatic rings. The van der Waals surface area contributed by atoms with Gasteiger partial charge in [-0.3, -0.25) is 0 Å². The third-order valence-corrected chi connectivity index (χ3v) is 2.64. The number of thioether (sulfide) groups is 1. The standard InChI is InChI=1S/C8H14N2OS/c1-10-4-3-9-8(10)7-12-6-2-5-11/h3-4,11H,2,5-7H2,1H3. The van der Waals surface area contributed by atoms with Crippen LogP contribution in [0.5, 0.6) is 0 Å². The van der Waals surface area contributed by atoms with Crippen molar-refractivity contribution in [2.45, 2.75) is 12.2 Å². The zero-order valence-corrected chi connectivity index (χ0v) is 8.05. The van der Waals surface area contributed by atoms with E-state index in [0.29, 0.717) is 0 Å². The Morgan fingerprint density at radius 2 is 2.50 bits per heavy atom. The number of aryl methyl sites for hydroxylation is 1. The van der Waals surface area contributed by atoms with Gasteiger partial charge in [0.1, 0.15) is 5.82 Å². The summed E-state index contributed by atoms with van der Waals surface area (Å²) in [5, 5.41) is 8.54. The second-order valence-electron chi connectivity index (χ2n) is 2.58. The maximum atomic E-state index is 8.54. The Kier molecular flexibility index (Phi) is 4.18. The molecule has 3 nitrogen and oxygen atoms in total. The van der Waals surface area contributed by atoms with Crippen LogP contribution in [0.25, 0.3) is 0 Å². The van der Waals surface area contributed by atoms with Crippen molar-refractivity contribution >= 4 is 11.8 Å². The van der Waals surface area contributed by atoms with Crippen LogP contribution in [0, 0.1) is 0 Å². The summed E-state index contributed by atoms with van der Waals surface area (Å²) in [6, 6.07) is 0. The normalized spacial score (nSPS) is 10.5. The Balaban J connectivity index is 2.20. The monoisotopic (exact) mass is 186 g/mol. The molecule has 0 fully saturated rings. The number of aliphatic hydroxyl groups is 1. The van der Waals surface area contributed by atoms with Crippen molar-refractivity contribution in [1.82, 2.24) is 9.55 Å². The predicted molar refractivity (Wildman–Crippen MR) is 51.1 cm³/mol. The Morgan fingerprint density at radius 1 is 1.67 bits per heavy atom. The second-order valence-corrected chi connectivity index (χ2v) is 3.69. The molecular formula is C8H14N2OS. The van der Waals surface area contributed by atoms with E-state index in [1.807, 2.05) is 24.0 Å². The molecule has 68 valence electrons. The first-order valence-corrected chi connectivity index (χ1v) is 5.15. The molecule has 0 aliphatic rings. The van der Waals surface area contributed by atoms with E-state index in [1.165, 1.54) is 0 Å². The molecule has 0 atom stereocenters. The van der Waals surface area contributed by atoms with Gasteiger partial charge in [-0.05, 0) is 12.2 Å². The summed E-state index contributed by atoms with van der Waals surface area (Å²) in [6.45, 7) is 0.285. The fourth-order valence-corrected chi connectivity index (χ4v) is 1.80. The minimum Gasteiger partial charge on any atom is -0.396 e. The van der Waals surface area contributed by atoms with E-state index >= 15 is 0 Å². The van der Waals surface area contributed by atoms with E-state index in [1.54, 1.807) is 11.8 Å². The molecule has 1 heterocycles. The number of aliphatic hydroxyl groups excluding tert-OH is 1. The maximum absolute atomic E-state index is 8.54. The summed E-state index contributed by atoms with van der Waals surface area (Å²) in [5.41, 5.74) is 0. The average Bonchev–Trinajstić information content (AvgIpc) is 2.46. The molecular weight excluding hydrogens is 172 g/mol. The van der Waals surface area contributed by atoms with E-state index in [9.17, 15) is 0 Å². The molecule has 4 heteroatoms. The molecule has 0 saturated heterocycles. The molecule has 0 saturated carbocycles. The maximum Gasteiger partial charge on any atom is 0.118 e. The molecule has 0 aliphatic carbocycles. The van der Waals surface area contributed by atoms with Crippen molar-refractivity contribution in [3.05, 3.63) is 18.2 Å². The third-order valence-electron chi connectivity index (χ3n) is 1.60. The van der Waals surface area contributed by atoms with Crippen LogP contribution < -0.4 is 0 Å². The number of hydrogen-bond donors (Lipinski definition) is 1. The van der Waals surface area contributed by atoms with E-state index in [-0.39, 0.29) is 6.61 Å². The van der Waals surface area contributed by atoms with Crippen LogP contribution in [-0.4, -0.2) is 27.0 Å². The van der Waals surface area contributed by atoms with Crippen molar-refractivity contribution in [1.29, 1.82) is 0 Å². The Labute approximate surface area is 76.8 Å². The fourth-order valence-electron chi connectivity index (χ4n) is 0.866. The summed E-state index contributed by atoms with van der Waals surface area (Å²) in [6.07, 6.45) is 4.62. The molecule has 0 unspecified atom stereocenters. The van der Waals surface area contributed by atoms with Crippen LogP contribution in [0.2, 0.25) is 0 Å². The lowest BCUT2D eigenvalue weighted by molar-refractivity contribution is 0.296. The minimum absolute atomic E-state index is 0.285. The van der Waals surface area contributed by atoms with Gasteiger partial charge in [0.25, 0.3) is 0 Å². The first-order chi connectivity index (χ1) is 5.84. The Hall–Kier alpha value is -0.480. The number of aromatic nitrogens is 2. The quantitative estimate of drug-likeness (QED) is 0.698. The predicted octanol–water partition coefficient (Wildman–Crippen LogP) is 1.04. The zero-order chi connectivity index (χ0) is 8.81. The summed E-state index contributed by atoms with van der Waals surface area (Å²) in [7, 11) is 1.99. The molecule has 1 rings (SSSR count). The second kappa shape index (κ2) is 5.22. The summed E-state index contributed by atoms with van der Waals surface area (Å²) in [5.74, 6) is 3.03. The van der Waals surface area contributed by atoms with Crippen molar-refractivity contribution in [3.8, 4) is 0 Å². The molecule has 0 radical (unpaired) electrons. The molecule has 0 aliphatic heterocycles. The van der Waals surface area contributed by atoms with Gasteiger partial charge in [0.15, 0.2) is 0 Å². The number of imidazole rings is 1. The molecule has 0 amide bonds. The number of hydrogen-bond acceptors (Lipinski definition) is 3. The van der Waals surface area contributed by atoms with Crippen LogP contribution >= 0.6 is 11.8 Å². The largest absolute Gasteiger partial charge is 0.396 e. The molecule has 0 aromatic carbocycles. The lowest BCUT2D eigenvalue weighted by Crippen LogP contribution is -1.95. The van der Waals surface area contributed by atoms with Crippen LogP contribution in [0.15, 0.2) is 12.4 Å². The first kappa shape index (κ1) is 9.61. The molecule has 12 heavy (non-hydrogen) atoms. The van der Waals surface area contributed by atoms with Gasteiger partial charge in [0.05, 0.1) is 5.75 Å². The third kappa shape index (κ3) is 2.87. The van der Waals surface area contributed by atoms with Crippen molar-refractivity contribution in [2.75, 3.05) is 12.4 Å². The van der Waals surface area contributed by atoms with Crippen molar-refractivity contribution < 1.29 is 5.11 Å². The molecule has 1 aromatic heterocycles. The zero-order valence-electron chi connectivity index (χ0n) is 7.23. The fraction of sp³-hybridized carbons (Fsp3) is 0.625. The van der Waals surface area contributed by atoms with Gasteiger partial charge in [-0.25, -0.2) is 4.98 Å². The lowest BCUT2D eigenvalue weighted by Gasteiger charge is -2.00. The molecule has 0 spiro atoms. The Bertz CT molecular complexity index is 225. The van der Waals surface area contributed by atoms with Crippen LogP contribution in [0.4, 0.5) is 0 Å². The first-order valence-electron chi connectivity index (χ1n) is 3.99. The van der Waals surface area contributed by atoms with Crippen LogP contribution in [-0.2, 0) is 12.8 Å². The van der Waals surface area contributed by atoms with Gasteiger partial charge < -0.3 is 9.67 Å². The van der Waals surface area contributed by atoms with E-state index in [4.69, 9.17) is 5.11 Å². The van der Waals surface area contributed by atoms with E-state index < -0.39 is 0 Å². The highest BCUT2D eigenvalue weighted by atomic mass is 32.2. The minimum atomic E-state index is 0.285. The number of rotatable bonds is 5. The lowest BCUT2D eigenvalue weighted by atomic mass is 10.5. The van der Waals surface area contributed by atoms with Gasteiger partial charge in [-0.15, -0.1) is 0 Å². The van der Waals surface area contributed by atoms with Gasteiger partial charge in [-0.2, -0.15) is 11.8 Å². The SMILES string of the molecule is Cn1ccnc1CSCCCO. The summed E-state index contributed by atoms with van der Waals surface area (Å²) < 4.78 is 2.02. The van der Waals surface area contributed by atoms with Crippen LogP contribution in [0.1, 0.15) is 12.2 Å².